The van der Waals surface area contributed by atoms with E-state index in [1.807, 2.05) is 6.92 Å². The fraction of sp³-hybridized carbons (Fsp3) is 0.833. The zero-order chi connectivity index (χ0) is 6.99. The number of Topliss-reactive ketones (excluding diaryl/α,β-unsaturated/α-hetero) is 1. The molecule has 0 aliphatic heterocycles. The van der Waals surface area contributed by atoms with Gasteiger partial charge in [0.15, 0.2) is 0 Å². The molecule has 0 spiro atoms. The molecular weight excluding hydrogens is 124 g/mol. The van der Waals surface area contributed by atoms with Gasteiger partial charge in [0.2, 0.25) is 0 Å². The van der Waals surface area contributed by atoms with Crippen molar-refractivity contribution in [1.82, 2.24) is 0 Å². The van der Waals surface area contributed by atoms with Crippen molar-refractivity contribution in [2.24, 2.45) is 0 Å². The van der Waals surface area contributed by atoms with E-state index in [0.717, 1.165) is 12.3 Å². The molecule has 0 atom stereocenters. The molecule has 0 unspecified atom stereocenters. The molecule has 0 fully saturated rings. The van der Waals surface area contributed by atoms with E-state index in [1.165, 1.54) is 13.8 Å². The predicted octanol–water partition coefficient (Wildman–Crippen LogP) is 2.23. The maximum absolute atomic E-state index is 9.44. The molecule has 50 valence electrons. The SMILES string of the molecule is CC(C)=O.CCCCl. The van der Waals surface area contributed by atoms with E-state index in [4.69, 9.17) is 11.6 Å². The van der Waals surface area contributed by atoms with Gasteiger partial charge in [0, 0.05) is 5.88 Å². The smallest absolute Gasteiger partial charge is 0.126 e. The normalized spacial score (nSPS) is 7.00. The van der Waals surface area contributed by atoms with Crippen LogP contribution in [0.15, 0.2) is 0 Å². The molecule has 0 aliphatic carbocycles. The second kappa shape index (κ2) is 10.0. The zero-order valence-corrected chi connectivity index (χ0v) is 6.46. The Hall–Kier alpha value is -0.0400. The van der Waals surface area contributed by atoms with Crippen LogP contribution >= 0.6 is 11.6 Å². The lowest BCUT2D eigenvalue weighted by Crippen LogP contribution is -1.69. The van der Waals surface area contributed by atoms with E-state index >= 15 is 0 Å². The second-order valence-corrected chi connectivity index (χ2v) is 1.98. The van der Waals surface area contributed by atoms with Gasteiger partial charge < -0.3 is 4.79 Å². The number of ketones is 1. The Kier molecular flexibility index (Phi) is 13.6. The van der Waals surface area contributed by atoms with Crippen LogP contribution in [0.2, 0.25) is 0 Å². The van der Waals surface area contributed by atoms with Crippen LogP contribution in [-0.4, -0.2) is 11.7 Å². The largest absolute Gasteiger partial charge is 0.300 e. The van der Waals surface area contributed by atoms with Crippen molar-refractivity contribution in [2.75, 3.05) is 5.88 Å². The number of rotatable bonds is 1. The van der Waals surface area contributed by atoms with Crippen molar-refractivity contribution in [3.05, 3.63) is 0 Å². The van der Waals surface area contributed by atoms with Crippen molar-refractivity contribution in [3.8, 4) is 0 Å². The third kappa shape index (κ3) is 159. The topological polar surface area (TPSA) is 17.1 Å². The van der Waals surface area contributed by atoms with Crippen LogP contribution in [0, 0.1) is 0 Å². The Balaban J connectivity index is 0. The first-order chi connectivity index (χ1) is 3.65. The average molecular weight is 137 g/mol. The average Bonchev–Trinajstić information content (AvgIpc) is 1.65. The molecule has 0 radical (unpaired) electrons. The first-order valence-corrected chi connectivity index (χ1v) is 3.21. The molecule has 8 heavy (non-hydrogen) atoms. The van der Waals surface area contributed by atoms with Gasteiger partial charge in [-0.25, -0.2) is 0 Å². The van der Waals surface area contributed by atoms with Crippen LogP contribution < -0.4 is 0 Å². The van der Waals surface area contributed by atoms with Gasteiger partial charge in [-0.1, -0.05) is 6.92 Å². The summed E-state index contributed by atoms with van der Waals surface area (Å²) in [7, 11) is 0. The first-order valence-electron chi connectivity index (χ1n) is 2.68. The molecule has 0 saturated carbocycles. The van der Waals surface area contributed by atoms with Crippen molar-refractivity contribution < 1.29 is 4.79 Å². The molecule has 0 aliphatic rings. The lowest BCUT2D eigenvalue weighted by molar-refractivity contribution is -0.114. The van der Waals surface area contributed by atoms with Gasteiger partial charge >= 0.3 is 0 Å². The van der Waals surface area contributed by atoms with Gasteiger partial charge in [0.25, 0.3) is 0 Å². The zero-order valence-electron chi connectivity index (χ0n) is 5.70. The number of carbonyl (C=O) groups is 1. The van der Waals surface area contributed by atoms with Crippen LogP contribution in [0.3, 0.4) is 0 Å². The van der Waals surface area contributed by atoms with E-state index < -0.39 is 0 Å². The van der Waals surface area contributed by atoms with Gasteiger partial charge in [0.1, 0.15) is 5.78 Å². The first kappa shape index (κ1) is 10.9. The Morgan fingerprint density at radius 2 is 1.62 bits per heavy atom. The highest BCUT2D eigenvalue weighted by Crippen LogP contribution is 1.75. The Labute approximate surface area is 56.0 Å². The monoisotopic (exact) mass is 136 g/mol. The number of halogens is 1. The molecule has 1 nitrogen and oxygen atoms in total. The lowest BCUT2D eigenvalue weighted by atomic mass is 10.6. The number of alkyl halides is 1. The third-order valence-electron chi connectivity index (χ3n) is 0.189. The quantitative estimate of drug-likeness (QED) is 0.506. The summed E-state index contributed by atoms with van der Waals surface area (Å²) in [6.45, 7) is 5.10. The summed E-state index contributed by atoms with van der Waals surface area (Å²) in [4.78, 5) is 9.44. The summed E-state index contributed by atoms with van der Waals surface area (Å²) in [6, 6.07) is 0. The van der Waals surface area contributed by atoms with Crippen molar-refractivity contribution in [2.45, 2.75) is 27.2 Å². The van der Waals surface area contributed by atoms with E-state index in [-0.39, 0.29) is 5.78 Å². The molecule has 0 N–H and O–H groups in total. The highest BCUT2D eigenvalue weighted by molar-refractivity contribution is 6.17. The Bertz CT molecular complexity index is 46.5. The van der Waals surface area contributed by atoms with Crippen molar-refractivity contribution in [1.29, 1.82) is 0 Å². The highest BCUT2D eigenvalue weighted by atomic mass is 35.5. The molecule has 0 aromatic carbocycles. The van der Waals surface area contributed by atoms with Gasteiger partial charge in [-0.2, -0.15) is 0 Å². The van der Waals surface area contributed by atoms with E-state index in [1.54, 1.807) is 0 Å². The fourth-order valence-corrected chi connectivity index (χ4v) is 0. The Morgan fingerprint density at radius 3 is 1.62 bits per heavy atom. The minimum atomic E-state index is 0.167. The number of hydrogen-bond acceptors (Lipinski definition) is 1. The summed E-state index contributed by atoms with van der Waals surface area (Å²) in [6.07, 6.45) is 1.08. The van der Waals surface area contributed by atoms with E-state index in [9.17, 15) is 4.79 Å². The summed E-state index contributed by atoms with van der Waals surface area (Å²) in [5.41, 5.74) is 0. The van der Waals surface area contributed by atoms with Crippen LogP contribution in [0.1, 0.15) is 27.2 Å². The van der Waals surface area contributed by atoms with E-state index in [0.29, 0.717) is 0 Å². The van der Waals surface area contributed by atoms with Crippen LogP contribution in [0.5, 0.6) is 0 Å². The molecule has 0 aromatic heterocycles. The molecule has 2 heteroatoms. The fourth-order valence-electron chi connectivity index (χ4n) is 0. The van der Waals surface area contributed by atoms with Gasteiger partial charge in [-0.3, -0.25) is 0 Å². The predicted molar refractivity (Wildman–Crippen MR) is 37.4 cm³/mol. The molecule has 0 saturated heterocycles. The second-order valence-electron chi connectivity index (χ2n) is 1.60. The highest BCUT2D eigenvalue weighted by Gasteiger charge is 1.62. The number of carbonyl (C=O) groups excluding carboxylic acids is 1. The van der Waals surface area contributed by atoms with Crippen LogP contribution in [0.4, 0.5) is 0 Å². The summed E-state index contributed by atoms with van der Waals surface area (Å²) in [5, 5.41) is 0. The number of hydrogen-bond donors (Lipinski definition) is 0. The summed E-state index contributed by atoms with van der Waals surface area (Å²) in [5.74, 6) is 0.958. The maximum Gasteiger partial charge on any atom is 0.126 e. The minimum absolute atomic E-state index is 0.167. The lowest BCUT2D eigenvalue weighted by Gasteiger charge is -1.65. The molecule has 0 heterocycles. The molecule has 0 bridgehead atoms. The van der Waals surface area contributed by atoms with Gasteiger partial charge in [-0.15, -0.1) is 11.6 Å². The van der Waals surface area contributed by atoms with Gasteiger partial charge in [-0.05, 0) is 20.3 Å². The van der Waals surface area contributed by atoms with Crippen molar-refractivity contribution in [3.63, 3.8) is 0 Å². The molecule has 0 rings (SSSR count). The van der Waals surface area contributed by atoms with Crippen LogP contribution in [0.25, 0.3) is 0 Å². The molecular formula is C6H13ClO. The third-order valence-corrected chi connectivity index (χ3v) is 0.567. The maximum atomic E-state index is 9.44. The van der Waals surface area contributed by atoms with Crippen molar-refractivity contribution >= 4 is 17.4 Å². The Morgan fingerprint density at radius 1 is 1.50 bits per heavy atom. The summed E-state index contributed by atoms with van der Waals surface area (Å²) >= 11 is 5.19. The van der Waals surface area contributed by atoms with Gasteiger partial charge in [0.05, 0.1) is 0 Å². The molecule has 0 amide bonds. The standard InChI is InChI=1S/C3H7Cl.C3H6O/c1-2-3-4;1-3(2)4/h2-3H2,1H3;1-2H3. The van der Waals surface area contributed by atoms with E-state index in [2.05, 4.69) is 0 Å². The summed E-state index contributed by atoms with van der Waals surface area (Å²) < 4.78 is 0. The molecule has 0 aromatic rings. The van der Waals surface area contributed by atoms with Crippen LogP contribution in [-0.2, 0) is 4.79 Å². The minimum Gasteiger partial charge on any atom is -0.300 e.